The van der Waals surface area contributed by atoms with Gasteiger partial charge in [0.25, 0.3) is 5.72 Å². The van der Waals surface area contributed by atoms with E-state index in [1.54, 1.807) is 0 Å². The van der Waals surface area contributed by atoms with Crippen LogP contribution in [0, 0.1) is 5.92 Å². The smallest absolute Gasteiger partial charge is 0.437 e. The van der Waals surface area contributed by atoms with Crippen LogP contribution in [0.4, 0.5) is 18.0 Å². The number of nitrogens with one attached hydrogen (secondary N) is 2. The Labute approximate surface area is 122 Å². The lowest BCUT2D eigenvalue weighted by Gasteiger charge is -2.43. The Morgan fingerprint density at radius 3 is 2.73 bits per heavy atom. The summed E-state index contributed by atoms with van der Waals surface area (Å²) in [7, 11) is 0. The lowest BCUT2D eigenvalue weighted by atomic mass is 9.83. The summed E-state index contributed by atoms with van der Waals surface area (Å²) in [4.78, 5) is 23.5. The molecule has 1 saturated heterocycles. The highest BCUT2D eigenvalue weighted by molar-refractivity contribution is 5.83. The molecule has 0 radical (unpaired) electrons. The van der Waals surface area contributed by atoms with E-state index in [1.165, 1.54) is 24.6 Å². The molecule has 0 aliphatic carbocycles. The first-order chi connectivity index (χ1) is 10.2. The molecule has 0 unspecified atom stereocenters. The molecule has 1 aliphatic rings. The molecule has 1 aromatic heterocycles. The van der Waals surface area contributed by atoms with Gasteiger partial charge in [-0.25, -0.2) is 4.79 Å². The molecule has 1 aliphatic heterocycles. The van der Waals surface area contributed by atoms with Crippen molar-refractivity contribution in [3.05, 3.63) is 24.2 Å². The molecule has 1 aromatic rings. The van der Waals surface area contributed by atoms with Crippen molar-refractivity contribution < 1.29 is 37.0 Å². The van der Waals surface area contributed by atoms with E-state index in [0.717, 1.165) is 6.26 Å². The Hall–Kier alpha value is -2.23. The number of carbonyl (C=O) groups is 2. The van der Waals surface area contributed by atoms with E-state index in [4.69, 9.17) is 4.42 Å². The summed E-state index contributed by atoms with van der Waals surface area (Å²) in [6.45, 7) is 1.22. The Bertz CT molecular complexity index is 560. The first-order valence-electron chi connectivity index (χ1n) is 6.27. The predicted octanol–water partition coefficient (Wildman–Crippen LogP) is 1.06. The first kappa shape index (κ1) is 16.1. The van der Waals surface area contributed by atoms with E-state index in [-0.39, 0.29) is 12.2 Å². The van der Waals surface area contributed by atoms with Gasteiger partial charge in [-0.15, -0.1) is 0 Å². The zero-order valence-corrected chi connectivity index (χ0v) is 11.3. The molecular formula is C12H13F3N2O5. The molecule has 0 spiro atoms. The summed E-state index contributed by atoms with van der Waals surface area (Å²) in [5.74, 6) is -3.44. The molecule has 1 fully saturated rings. The second-order valence-electron chi connectivity index (χ2n) is 4.63. The number of rotatable bonds is 3. The largest absolute Gasteiger partial charge is 0.472 e. The van der Waals surface area contributed by atoms with E-state index in [9.17, 15) is 27.9 Å². The lowest BCUT2D eigenvalue weighted by molar-refractivity contribution is -0.294. The molecule has 7 nitrogen and oxygen atoms in total. The van der Waals surface area contributed by atoms with Crippen molar-refractivity contribution in [3.63, 3.8) is 0 Å². The summed E-state index contributed by atoms with van der Waals surface area (Å²) < 4.78 is 49.1. The lowest BCUT2D eigenvalue weighted by Crippen LogP contribution is -2.73. The van der Waals surface area contributed by atoms with E-state index >= 15 is 0 Å². The molecule has 22 heavy (non-hydrogen) atoms. The van der Waals surface area contributed by atoms with Crippen LogP contribution < -0.4 is 10.6 Å². The van der Waals surface area contributed by atoms with Gasteiger partial charge in [-0.3, -0.25) is 4.79 Å². The van der Waals surface area contributed by atoms with Crippen LogP contribution in [0.5, 0.6) is 0 Å². The minimum Gasteiger partial charge on any atom is -0.472 e. The normalized spacial score (nSPS) is 28.7. The van der Waals surface area contributed by atoms with Gasteiger partial charge in [-0.05, 0) is 13.0 Å². The average molecular weight is 322 g/mol. The Kier molecular flexibility index (Phi) is 4.05. The number of halogens is 3. The van der Waals surface area contributed by atoms with Crippen LogP contribution >= 0.6 is 0 Å². The van der Waals surface area contributed by atoms with Crippen LogP contribution in [0.1, 0.15) is 18.5 Å². The van der Waals surface area contributed by atoms with Crippen LogP contribution in [0.2, 0.25) is 0 Å². The Morgan fingerprint density at radius 1 is 1.55 bits per heavy atom. The van der Waals surface area contributed by atoms with Gasteiger partial charge in [-0.2, -0.15) is 13.2 Å². The SMILES string of the molecule is CCOC(=O)[C@H]1[C@H](c2ccoc2)NC(=O)N[C@@]1(O)C(F)(F)F. The zero-order valence-electron chi connectivity index (χ0n) is 11.3. The van der Waals surface area contributed by atoms with Crippen molar-refractivity contribution >= 4 is 12.0 Å². The molecule has 0 aromatic carbocycles. The van der Waals surface area contributed by atoms with Crippen LogP contribution in [0.3, 0.4) is 0 Å². The highest BCUT2D eigenvalue weighted by atomic mass is 19.4. The Morgan fingerprint density at radius 2 is 2.23 bits per heavy atom. The highest BCUT2D eigenvalue weighted by Crippen LogP contribution is 2.43. The second-order valence-corrected chi connectivity index (χ2v) is 4.63. The molecule has 0 saturated carbocycles. The van der Waals surface area contributed by atoms with Gasteiger partial charge in [0.05, 0.1) is 25.2 Å². The third-order valence-electron chi connectivity index (χ3n) is 3.25. The van der Waals surface area contributed by atoms with Crippen LogP contribution in [0.15, 0.2) is 23.0 Å². The summed E-state index contributed by atoms with van der Waals surface area (Å²) in [6, 6.07) is -1.45. The fourth-order valence-corrected chi connectivity index (χ4v) is 2.27. The molecule has 3 N–H and O–H groups in total. The monoisotopic (exact) mass is 322 g/mol. The van der Waals surface area contributed by atoms with Crippen LogP contribution in [0.25, 0.3) is 0 Å². The van der Waals surface area contributed by atoms with Crippen molar-refractivity contribution in [1.82, 2.24) is 10.6 Å². The summed E-state index contributed by atoms with van der Waals surface area (Å²) in [5, 5.41) is 13.5. The number of hydrogen-bond donors (Lipinski definition) is 3. The van der Waals surface area contributed by atoms with E-state index < -0.39 is 35.9 Å². The van der Waals surface area contributed by atoms with E-state index in [0.29, 0.717) is 0 Å². The van der Waals surface area contributed by atoms with Gasteiger partial charge in [0.2, 0.25) is 0 Å². The third-order valence-corrected chi connectivity index (χ3v) is 3.25. The molecule has 10 heteroatoms. The topological polar surface area (TPSA) is 101 Å². The van der Waals surface area contributed by atoms with Crippen LogP contribution in [-0.2, 0) is 9.53 Å². The highest BCUT2D eigenvalue weighted by Gasteiger charge is 2.67. The quantitative estimate of drug-likeness (QED) is 0.723. The van der Waals surface area contributed by atoms with Crippen molar-refractivity contribution in [1.29, 1.82) is 0 Å². The molecular weight excluding hydrogens is 309 g/mol. The van der Waals surface area contributed by atoms with Gasteiger partial charge in [0.1, 0.15) is 5.92 Å². The number of furan rings is 1. The number of hydrogen-bond acceptors (Lipinski definition) is 5. The summed E-state index contributed by atoms with van der Waals surface area (Å²) in [6.07, 6.45) is -3.05. The number of aliphatic hydroxyl groups is 1. The molecule has 122 valence electrons. The van der Waals surface area contributed by atoms with Gasteiger partial charge in [0, 0.05) is 5.56 Å². The maximum absolute atomic E-state index is 13.2. The van der Waals surface area contributed by atoms with Crippen molar-refractivity contribution in [2.24, 2.45) is 5.92 Å². The third kappa shape index (κ3) is 2.61. The maximum atomic E-state index is 13.2. The van der Waals surface area contributed by atoms with Crippen molar-refractivity contribution in [2.75, 3.05) is 6.61 Å². The molecule has 2 heterocycles. The number of urea groups is 1. The maximum Gasteiger partial charge on any atom is 0.437 e. The molecule has 3 atom stereocenters. The van der Waals surface area contributed by atoms with Crippen molar-refractivity contribution in [2.45, 2.75) is 24.9 Å². The van der Waals surface area contributed by atoms with Crippen molar-refractivity contribution in [3.8, 4) is 0 Å². The number of carbonyl (C=O) groups excluding carboxylic acids is 2. The molecule has 2 amide bonds. The van der Waals surface area contributed by atoms with Gasteiger partial charge in [0.15, 0.2) is 0 Å². The zero-order chi connectivity index (χ0) is 16.5. The average Bonchev–Trinajstić information content (AvgIpc) is 2.90. The number of amides is 2. The minimum absolute atomic E-state index is 0.0931. The second kappa shape index (κ2) is 5.52. The molecule has 0 bridgehead atoms. The van der Waals surface area contributed by atoms with E-state index in [2.05, 4.69) is 10.1 Å². The number of esters is 1. The fourth-order valence-electron chi connectivity index (χ4n) is 2.27. The predicted molar refractivity (Wildman–Crippen MR) is 64.2 cm³/mol. The Balaban J connectivity index is 2.51. The first-order valence-corrected chi connectivity index (χ1v) is 6.27. The van der Waals surface area contributed by atoms with Gasteiger partial charge in [-0.1, -0.05) is 0 Å². The summed E-state index contributed by atoms with van der Waals surface area (Å²) in [5.41, 5.74) is -3.67. The molecule has 2 rings (SSSR count). The summed E-state index contributed by atoms with van der Waals surface area (Å²) >= 11 is 0. The number of alkyl halides is 3. The van der Waals surface area contributed by atoms with Gasteiger partial charge < -0.3 is 24.9 Å². The fraction of sp³-hybridized carbons (Fsp3) is 0.500. The van der Waals surface area contributed by atoms with E-state index in [1.807, 2.05) is 0 Å². The number of ether oxygens (including phenoxy) is 1. The van der Waals surface area contributed by atoms with Crippen LogP contribution in [-0.4, -0.2) is 35.6 Å². The van der Waals surface area contributed by atoms with Gasteiger partial charge >= 0.3 is 18.2 Å². The standard InChI is InChI=1S/C12H13F3N2O5/c1-2-22-9(18)7-8(6-3-4-21-5-6)16-10(19)17-11(7,20)12(13,14)15/h3-5,7-8,20H,2H2,1H3,(H2,16,17,19)/t7-,8+,11+/m1/s1. The minimum atomic E-state index is -5.29.